The molecule has 112 valence electrons. The first-order valence-corrected chi connectivity index (χ1v) is 8.15. The molecule has 1 N–H and O–H groups in total. The van der Waals surface area contributed by atoms with E-state index in [4.69, 9.17) is 8.83 Å². The van der Waals surface area contributed by atoms with Crippen LogP contribution in [-0.4, -0.2) is 41.9 Å². The molecule has 0 spiro atoms. The Morgan fingerprint density at radius 3 is 2.86 bits per heavy atom. The molecule has 1 amide bonds. The molecular formula is C15H18N2O3S. The number of furan rings is 2. The highest BCUT2D eigenvalue weighted by Gasteiger charge is 2.24. The lowest BCUT2D eigenvalue weighted by atomic mass is 10.1. The summed E-state index contributed by atoms with van der Waals surface area (Å²) in [7, 11) is 0. The SMILES string of the molecule is O=C(NC[C@H](c1ccoc1)N1CCSCC1)c1ccco1. The van der Waals surface area contributed by atoms with Gasteiger partial charge in [-0.25, -0.2) is 0 Å². The van der Waals surface area contributed by atoms with Gasteiger partial charge in [0.15, 0.2) is 5.76 Å². The van der Waals surface area contributed by atoms with Crippen LogP contribution in [0.3, 0.4) is 0 Å². The lowest BCUT2D eigenvalue weighted by Gasteiger charge is -2.33. The zero-order valence-electron chi connectivity index (χ0n) is 11.7. The van der Waals surface area contributed by atoms with Crippen molar-refractivity contribution in [2.45, 2.75) is 6.04 Å². The summed E-state index contributed by atoms with van der Waals surface area (Å²) in [6.45, 7) is 2.60. The molecule has 6 heteroatoms. The number of amides is 1. The predicted molar refractivity (Wildman–Crippen MR) is 81.4 cm³/mol. The number of carbonyl (C=O) groups is 1. The molecule has 1 aliphatic rings. The topological polar surface area (TPSA) is 58.6 Å². The number of hydrogen-bond acceptors (Lipinski definition) is 5. The van der Waals surface area contributed by atoms with Crippen LogP contribution in [0.25, 0.3) is 0 Å². The Hall–Kier alpha value is -1.66. The summed E-state index contributed by atoms with van der Waals surface area (Å²) < 4.78 is 10.3. The van der Waals surface area contributed by atoms with Crippen LogP contribution in [0.4, 0.5) is 0 Å². The summed E-state index contributed by atoms with van der Waals surface area (Å²) in [6, 6.07) is 5.48. The van der Waals surface area contributed by atoms with Gasteiger partial charge >= 0.3 is 0 Å². The minimum Gasteiger partial charge on any atom is -0.472 e. The molecular weight excluding hydrogens is 288 g/mol. The van der Waals surface area contributed by atoms with E-state index in [1.54, 1.807) is 24.7 Å². The molecule has 0 bridgehead atoms. The molecule has 0 aliphatic carbocycles. The van der Waals surface area contributed by atoms with Crippen LogP contribution >= 0.6 is 11.8 Å². The highest BCUT2D eigenvalue weighted by Crippen LogP contribution is 2.24. The summed E-state index contributed by atoms with van der Waals surface area (Å²) in [6.07, 6.45) is 4.94. The number of rotatable bonds is 5. The van der Waals surface area contributed by atoms with Gasteiger partial charge in [-0.05, 0) is 18.2 Å². The minimum absolute atomic E-state index is 0.142. The highest BCUT2D eigenvalue weighted by molar-refractivity contribution is 7.99. The van der Waals surface area contributed by atoms with E-state index in [9.17, 15) is 4.79 Å². The summed E-state index contributed by atoms with van der Waals surface area (Å²) in [5, 5.41) is 2.95. The fourth-order valence-electron chi connectivity index (χ4n) is 2.50. The first kappa shape index (κ1) is 14.3. The summed E-state index contributed by atoms with van der Waals surface area (Å²) in [5.74, 6) is 2.41. The van der Waals surface area contributed by atoms with Gasteiger partial charge in [0.2, 0.25) is 0 Å². The average molecular weight is 306 g/mol. The van der Waals surface area contributed by atoms with Gasteiger partial charge in [-0.15, -0.1) is 0 Å². The van der Waals surface area contributed by atoms with Crippen LogP contribution in [0, 0.1) is 0 Å². The van der Waals surface area contributed by atoms with Crippen LogP contribution < -0.4 is 5.32 Å². The minimum atomic E-state index is -0.181. The van der Waals surface area contributed by atoms with Crippen LogP contribution in [0.1, 0.15) is 22.2 Å². The fraction of sp³-hybridized carbons (Fsp3) is 0.400. The van der Waals surface area contributed by atoms with E-state index in [2.05, 4.69) is 10.2 Å². The predicted octanol–water partition coefficient (Wildman–Crippen LogP) is 2.39. The van der Waals surface area contributed by atoms with E-state index in [1.807, 2.05) is 17.8 Å². The van der Waals surface area contributed by atoms with Gasteiger partial charge in [0.1, 0.15) is 0 Å². The van der Waals surface area contributed by atoms with Crippen molar-refractivity contribution < 1.29 is 13.6 Å². The molecule has 1 atom stereocenters. The first-order chi connectivity index (χ1) is 10.3. The monoisotopic (exact) mass is 306 g/mol. The molecule has 3 heterocycles. The number of nitrogens with one attached hydrogen (secondary N) is 1. The van der Waals surface area contributed by atoms with Crippen molar-refractivity contribution in [3.63, 3.8) is 0 Å². The lowest BCUT2D eigenvalue weighted by molar-refractivity contribution is 0.0907. The highest BCUT2D eigenvalue weighted by atomic mass is 32.2. The van der Waals surface area contributed by atoms with E-state index >= 15 is 0 Å². The maximum Gasteiger partial charge on any atom is 0.287 e. The maximum atomic E-state index is 12.0. The van der Waals surface area contributed by atoms with Crippen LogP contribution in [-0.2, 0) is 0 Å². The van der Waals surface area contributed by atoms with Crippen molar-refractivity contribution in [1.29, 1.82) is 0 Å². The molecule has 2 aromatic rings. The summed E-state index contributed by atoms with van der Waals surface area (Å²) in [5.41, 5.74) is 1.10. The lowest BCUT2D eigenvalue weighted by Crippen LogP contribution is -2.41. The number of nitrogens with zero attached hydrogens (tertiary/aromatic N) is 1. The van der Waals surface area contributed by atoms with Crippen molar-refractivity contribution in [3.8, 4) is 0 Å². The number of thioether (sulfide) groups is 1. The molecule has 1 fully saturated rings. The van der Waals surface area contributed by atoms with Gasteiger partial charge in [-0.1, -0.05) is 0 Å². The van der Waals surface area contributed by atoms with Crippen LogP contribution in [0.2, 0.25) is 0 Å². The van der Waals surface area contributed by atoms with Gasteiger partial charge in [0.25, 0.3) is 5.91 Å². The van der Waals surface area contributed by atoms with E-state index < -0.39 is 0 Å². The fourth-order valence-corrected chi connectivity index (χ4v) is 3.43. The Labute approximate surface area is 127 Å². The van der Waals surface area contributed by atoms with E-state index in [1.165, 1.54) is 6.26 Å². The van der Waals surface area contributed by atoms with Crippen LogP contribution in [0.5, 0.6) is 0 Å². The van der Waals surface area contributed by atoms with Crippen molar-refractivity contribution in [2.75, 3.05) is 31.1 Å². The molecule has 0 saturated carbocycles. The van der Waals surface area contributed by atoms with Crippen molar-refractivity contribution in [2.24, 2.45) is 0 Å². The normalized spacial score (nSPS) is 17.5. The third-order valence-electron chi connectivity index (χ3n) is 3.62. The molecule has 1 aliphatic heterocycles. The van der Waals surface area contributed by atoms with E-state index in [0.717, 1.165) is 30.2 Å². The molecule has 3 rings (SSSR count). The van der Waals surface area contributed by atoms with Crippen molar-refractivity contribution >= 4 is 17.7 Å². The zero-order chi connectivity index (χ0) is 14.5. The van der Waals surface area contributed by atoms with Gasteiger partial charge in [-0.2, -0.15) is 11.8 Å². The quantitative estimate of drug-likeness (QED) is 0.919. The summed E-state index contributed by atoms with van der Waals surface area (Å²) in [4.78, 5) is 14.4. The standard InChI is InChI=1S/C15H18N2O3S/c18-15(14-2-1-6-20-14)16-10-13(12-3-7-19-11-12)17-4-8-21-9-5-17/h1-3,6-7,11,13H,4-5,8-10H2,(H,16,18)/t13-/m1/s1. The number of hydrogen-bond donors (Lipinski definition) is 1. The second-order valence-corrected chi connectivity index (χ2v) is 6.13. The average Bonchev–Trinajstić information content (AvgIpc) is 3.22. The second kappa shape index (κ2) is 6.87. The molecule has 0 radical (unpaired) electrons. The smallest absolute Gasteiger partial charge is 0.287 e. The van der Waals surface area contributed by atoms with Gasteiger partial charge in [-0.3, -0.25) is 9.69 Å². The Morgan fingerprint density at radius 1 is 1.33 bits per heavy atom. The van der Waals surface area contributed by atoms with Crippen LogP contribution in [0.15, 0.2) is 45.8 Å². The molecule has 0 unspecified atom stereocenters. The third-order valence-corrected chi connectivity index (χ3v) is 4.56. The molecule has 2 aromatic heterocycles. The summed E-state index contributed by atoms with van der Waals surface area (Å²) >= 11 is 1.97. The first-order valence-electron chi connectivity index (χ1n) is 7.00. The largest absolute Gasteiger partial charge is 0.472 e. The van der Waals surface area contributed by atoms with Crippen molar-refractivity contribution in [3.05, 3.63) is 48.3 Å². The second-order valence-electron chi connectivity index (χ2n) is 4.91. The maximum absolute atomic E-state index is 12.0. The Bertz CT molecular complexity index is 548. The zero-order valence-corrected chi connectivity index (χ0v) is 12.5. The molecule has 21 heavy (non-hydrogen) atoms. The third kappa shape index (κ3) is 3.51. The molecule has 1 saturated heterocycles. The molecule has 5 nitrogen and oxygen atoms in total. The van der Waals surface area contributed by atoms with Gasteiger partial charge in [0, 0.05) is 36.7 Å². The van der Waals surface area contributed by atoms with Gasteiger partial charge in [0.05, 0.1) is 24.8 Å². The van der Waals surface area contributed by atoms with Gasteiger partial charge < -0.3 is 14.2 Å². The van der Waals surface area contributed by atoms with E-state index in [-0.39, 0.29) is 11.9 Å². The molecule has 0 aromatic carbocycles. The Kier molecular flexibility index (Phi) is 4.67. The Morgan fingerprint density at radius 2 is 2.19 bits per heavy atom. The van der Waals surface area contributed by atoms with E-state index in [0.29, 0.717) is 12.3 Å². The number of carbonyl (C=O) groups excluding carboxylic acids is 1. The van der Waals surface area contributed by atoms with Crippen molar-refractivity contribution in [1.82, 2.24) is 10.2 Å². The Balaban J connectivity index is 1.66.